The largest absolute Gasteiger partial charge is 0.378 e. The van der Waals surface area contributed by atoms with E-state index >= 15 is 0 Å². The molecule has 1 unspecified atom stereocenters. The zero-order chi connectivity index (χ0) is 10.9. The summed E-state index contributed by atoms with van der Waals surface area (Å²) >= 11 is 0. The fourth-order valence-corrected chi connectivity index (χ4v) is 2.01. The topological polar surface area (TPSA) is 26.7 Å². The number of piperazine rings is 1. The van der Waals surface area contributed by atoms with E-state index in [0.717, 1.165) is 19.6 Å². The first-order valence-corrected chi connectivity index (χ1v) is 5.44. The maximum atomic E-state index is 10.2. The summed E-state index contributed by atoms with van der Waals surface area (Å²) in [5.41, 5.74) is -0.0514. The van der Waals surface area contributed by atoms with Crippen LogP contribution in [0.5, 0.6) is 0 Å². The third-order valence-electron chi connectivity index (χ3n) is 2.97. The van der Waals surface area contributed by atoms with Crippen molar-refractivity contribution in [3.05, 3.63) is 0 Å². The van der Waals surface area contributed by atoms with Crippen LogP contribution in [0.25, 0.3) is 0 Å². The number of nitrogens with zero attached hydrogens (tertiary/aromatic N) is 2. The van der Waals surface area contributed by atoms with Crippen LogP contribution in [0.3, 0.4) is 0 Å². The molecule has 0 aromatic carbocycles. The molecule has 0 bridgehead atoms. The Hall–Kier alpha value is -0.120. The number of rotatable bonds is 1. The second-order valence-corrected chi connectivity index (χ2v) is 5.59. The van der Waals surface area contributed by atoms with Gasteiger partial charge in [-0.3, -0.25) is 4.90 Å². The van der Waals surface area contributed by atoms with Crippen molar-refractivity contribution in [3.63, 3.8) is 0 Å². The lowest BCUT2D eigenvalue weighted by molar-refractivity contribution is -0.106. The van der Waals surface area contributed by atoms with E-state index in [1.807, 2.05) is 0 Å². The van der Waals surface area contributed by atoms with Gasteiger partial charge in [0, 0.05) is 31.1 Å². The van der Waals surface area contributed by atoms with Crippen LogP contribution in [0.2, 0.25) is 0 Å². The Morgan fingerprint density at radius 3 is 2.29 bits per heavy atom. The highest BCUT2D eigenvalue weighted by Crippen LogP contribution is 2.25. The van der Waals surface area contributed by atoms with Gasteiger partial charge in [0.05, 0.1) is 0 Å². The summed E-state index contributed by atoms with van der Waals surface area (Å²) in [6.45, 7) is 11.5. The van der Waals surface area contributed by atoms with Gasteiger partial charge in [-0.05, 0) is 14.0 Å². The van der Waals surface area contributed by atoms with E-state index in [1.54, 1.807) is 0 Å². The molecule has 0 saturated carbocycles. The lowest BCUT2D eigenvalue weighted by atomic mass is 9.92. The Morgan fingerprint density at radius 2 is 1.86 bits per heavy atom. The normalized spacial score (nSPS) is 29.1. The molecule has 0 amide bonds. The van der Waals surface area contributed by atoms with Gasteiger partial charge < -0.3 is 10.0 Å². The van der Waals surface area contributed by atoms with Crippen LogP contribution in [-0.4, -0.2) is 53.9 Å². The van der Waals surface area contributed by atoms with Gasteiger partial charge in [0.1, 0.15) is 6.23 Å². The number of aliphatic hydroxyl groups is 1. The van der Waals surface area contributed by atoms with Gasteiger partial charge in [-0.25, -0.2) is 0 Å². The highest BCUT2D eigenvalue weighted by atomic mass is 16.3. The molecule has 0 spiro atoms. The first kappa shape index (κ1) is 12.0. The van der Waals surface area contributed by atoms with Gasteiger partial charge in [-0.15, -0.1) is 0 Å². The summed E-state index contributed by atoms with van der Waals surface area (Å²) in [7, 11) is 2.14. The molecule has 1 N–H and O–H groups in total. The zero-order valence-electron chi connectivity index (χ0n) is 10.1. The minimum Gasteiger partial charge on any atom is -0.378 e. The average Bonchev–Trinajstić information content (AvgIpc) is 2.01. The van der Waals surface area contributed by atoms with E-state index in [9.17, 15) is 5.11 Å². The van der Waals surface area contributed by atoms with Crippen molar-refractivity contribution in [3.8, 4) is 0 Å². The first-order valence-electron chi connectivity index (χ1n) is 5.44. The molecule has 84 valence electrons. The summed E-state index contributed by atoms with van der Waals surface area (Å²) in [6.07, 6.45) is -0.328. The molecule has 0 aliphatic carbocycles. The first-order chi connectivity index (χ1) is 6.32. The highest BCUT2D eigenvalue weighted by Gasteiger charge is 2.33. The molecule has 1 aliphatic heterocycles. The Kier molecular flexibility index (Phi) is 3.56. The van der Waals surface area contributed by atoms with Crippen LogP contribution < -0.4 is 0 Å². The van der Waals surface area contributed by atoms with Gasteiger partial charge >= 0.3 is 0 Å². The average molecular weight is 200 g/mol. The summed E-state index contributed by atoms with van der Waals surface area (Å²) in [5.74, 6) is 0. The molecule has 1 heterocycles. The van der Waals surface area contributed by atoms with Crippen LogP contribution in [0.15, 0.2) is 0 Å². The van der Waals surface area contributed by atoms with E-state index in [4.69, 9.17) is 0 Å². The van der Waals surface area contributed by atoms with E-state index in [2.05, 4.69) is 44.5 Å². The van der Waals surface area contributed by atoms with E-state index in [1.165, 1.54) is 0 Å². The molecule has 1 saturated heterocycles. The van der Waals surface area contributed by atoms with E-state index in [0.29, 0.717) is 6.04 Å². The minimum atomic E-state index is -0.328. The van der Waals surface area contributed by atoms with Crippen molar-refractivity contribution in [2.45, 2.75) is 40.0 Å². The molecule has 0 radical (unpaired) electrons. The fraction of sp³-hybridized carbons (Fsp3) is 1.00. The summed E-state index contributed by atoms with van der Waals surface area (Å²) in [5, 5.41) is 10.2. The third-order valence-corrected chi connectivity index (χ3v) is 2.97. The summed E-state index contributed by atoms with van der Waals surface area (Å²) in [6, 6.07) is 0.447. The maximum absolute atomic E-state index is 10.2. The van der Waals surface area contributed by atoms with Crippen molar-refractivity contribution in [1.29, 1.82) is 0 Å². The number of hydrogen-bond acceptors (Lipinski definition) is 3. The molecule has 1 aliphatic rings. The summed E-state index contributed by atoms with van der Waals surface area (Å²) < 4.78 is 0. The molecule has 1 fully saturated rings. The van der Waals surface area contributed by atoms with Crippen molar-refractivity contribution in [1.82, 2.24) is 9.80 Å². The number of likely N-dealkylation sites (N-methyl/N-ethyl adjacent to an activating group) is 1. The molecule has 1 rings (SSSR count). The van der Waals surface area contributed by atoms with Crippen molar-refractivity contribution in [2.24, 2.45) is 5.41 Å². The Balaban J connectivity index is 2.60. The Labute approximate surface area is 87.7 Å². The molecule has 14 heavy (non-hydrogen) atoms. The smallest absolute Gasteiger partial charge is 0.112 e. The standard InChI is InChI=1S/C11H24N2O/c1-9-8-12(5)6-7-13(9)10(14)11(2,3)4/h9-10,14H,6-8H2,1-5H3/t9-,10?/m1/s1. The second kappa shape index (κ2) is 4.17. The lowest BCUT2D eigenvalue weighted by Crippen LogP contribution is -2.57. The molecule has 0 aromatic rings. The highest BCUT2D eigenvalue weighted by molar-refractivity contribution is 4.83. The number of hydrogen-bond donors (Lipinski definition) is 1. The van der Waals surface area contributed by atoms with Gasteiger partial charge in [0.15, 0.2) is 0 Å². The molecule has 3 nitrogen and oxygen atoms in total. The third kappa shape index (κ3) is 2.69. The minimum absolute atomic E-state index is 0.0514. The van der Waals surface area contributed by atoms with Gasteiger partial charge in [-0.2, -0.15) is 0 Å². The molecular weight excluding hydrogens is 176 g/mol. The van der Waals surface area contributed by atoms with Crippen LogP contribution >= 0.6 is 0 Å². The van der Waals surface area contributed by atoms with Crippen LogP contribution in [0.4, 0.5) is 0 Å². The monoisotopic (exact) mass is 200 g/mol. The predicted molar refractivity (Wildman–Crippen MR) is 59.1 cm³/mol. The SMILES string of the molecule is C[C@@H]1CN(C)CCN1C(O)C(C)(C)C. The summed E-state index contributed by atoms with van der Waals surface area (Å²) in [4.78, 5) is 4.52. The Bertz CT molecular complexity index is 188. The fourth-order valence-electron chi connectivity index (χ4n) is 2.01. The van der Waals surface area contributed by atoms with Gasteiger partial charge in [0.25, 0.3) is 0 Å². The maximum Gasteiger partial charge on any atom is 0.112 e. The van der Waals surface area contributed by atoms with Gasteiger partial charge in [0.2, 0.25) is 0 Å². The van der Waals surface area contributed by atoms with Crippen molar-refractivity contribution >= 4 is 0 Å². The second-order valence-electron chi connectivity index (χ2n) is 5.59. The van der Waals surface area contributed by atoms with Crippen LogP contribution in [0, 0.1) is 5.41 Å². The van der Waals surface area contributed by atoms with Crippen molar-refractivity contribution in [2.75, 3.05) is 26.7 Å². The molecule has 3 heteroatoms. The Morgan fingerprint density at radius 1 is 1.29 bits per heavy atom. The lowest BCUT2D eigenvalue weighted by Gasteiger charge is -2.44. The predicted octanol–water partition coefficient (Wildman–Crippen LogP) is 0.987. The van der Waals surface area contributed by atoms with Crippen LogP contribution in [0.1, 0.15) is 27.7 Å². The van der Waals surface area contributed by atoms with E-state index < -0.39 is 0 Å². The molecule has 2 atom stereocenters. The number of aliphatic hydroxyl groups excluding tert-OH is 1. The zero-order valence-corrected chi connectivity index (χ0v) is 10.1. The quantitative estimate of drug-likeness (QED) is 0.684. The van der Waals surface area contributed by atoms with E-state index in [-0.39, 0.29) is 11.6 Å². The molecular formula is C11H24N2O. The molecule has 0 aromatic heterocycles. The van der Waals surface area contributed by atoms with Crippen LogP contribution in [-0.2, 0) is 0 Å². The van der Waals surface area contributed by atoms with Gasteiger partial charge in [-0.1, -0.05) is 20.8 Å². The van der Waals surface area contributed by atoms with Crippen molar-refractivity contribution < 1.29 is 5.11 Å².